The molecule has 0 aliphatic rings. The Balaban J connectivity index is 2.23. The van der Waals surface area contributed by atoms with Crippen LogP contribution in [0.4, 0.5) is 0 Å². The number of nitrogens with one attached hydrogen (secondary N) is 1. The van der Waals surface area contributed by atoms with Crippen LogP contribution in [0, 0.1) is 0 Å². The summed E-state index contributed by atoms with van der Waals surface area (Å²) in [6, 6.07) is 9.98. The minimum atomic E-state index is -0.225. The Morgan fingerprint density at radius 2 is 1.95 bits per heavy atom. The molecule has 0 unspecified atom stereocenters. The maximum absolute atomic E-state index is 9.61. The average Bonchev–Trinajstić information content (AvgIpc) is 2.56. The number of pyridine rings is 1. The van der Waals surface area contributed by atoms with Gasteiger partial charge in [0.05, 0.1) is 19.4 Å². The largest absolute Gasteiger partial charge is 0.494 e. The highest BCUT2D eigenvalue weighted by molar-refractivity contribution is 5.84. The van der Waals surface area contributed by atoms with Crippen molar-refractivity contribution in [2.24, 2.45) is 0 Å². The van der Waals surface area contributed by atoms with E-state index < -0.39 is 0 Å². The van der Waals surface area contributed by atoms with Crippen molar-refractivity contribution < 1.29 is 9.84 Å². The lowest BCUT2D eigenvalue weighted by molar-refractivity contribution is 0.149. The topological polar surface area (TPSA) is 54.4 Å². The van der Waals surface area contributed by atoms with E-state index in [1.165, 1.54) is 0 Å². The Kier molecular flexibility index (Phi) is 5.15. The van der Waals surface area contributed by atoms with Gasteiger partial charge in [0.2, 0.25) is 0 Å². The lowest BCUT2D eigenvalue weighted by Gasteiger charge is -2.30. The van der Waals surface area contributed by atoms with E-state index >= 15 is 0 Å². The molecule has 2 N–H and O–H groups in total. The Morgan fingerprint density at radius 1 is 1.19 bits per heavy atom. The Bertz CT molecular complexity index is 586. The van der Waals surface area contributed by atoms with E-state index in [-0.39, 0.29) is 12.1 Å². The van der Waals surface area contributed by atoms with Crippen LogP contribution in [-0.4, -0.2) is 29.3 Å². The smallest absolute Gasteiger partial charge is 0.145 e. The van der Waals surface area contributed by atoms with E-state index in [0.717, 1.165) is 35.2 Å². The van der Waals surface area contributed by atoms with Gasteiger partial charge in [-0.1, -0.05) is 32.0 Å². The second-order valence-corrected chi connectivity index (χ2v) is 5.33. The van der Waals surface area contributed by atoms with Gasteiger partial charge in [-0.25, -0.2) is 4.98 Å². The van der Waals surface area contributed by atoms with Gasteiger partial charge < -0.3 is 15.2 Å². The molecule has 1 aromatic heterocycles. The lowest BCUT2D eigenvalue weighted by Crippen LogP contribution is -2.47. The molecule has 0 atom stereocenters. The summed E-state index contributed by atoms with van der Waals surface area (Å²) in [7, 11) is 1.66. The third-order valence-corrected chi connectivity index (χ3v) is 4.26. The molecule has 0 bridgehead atoms. The average molecular weight is 288 g/mol. The van der Waals surface area contributed by atoms with Crippen LogP contribution < -0.4 is 10.1 Å². The zero-order valence-electron chi connectivity index (χ0n) is 13.0. The van der Waals surface area contributed by atoms with Crippen LogP contribution in [-0.2, 0) is 6.54 Å². The van der Waals surface area contributed by atoms with Crippen molar-refractivity contribution >= 4 is 10.9 Å². The summed E-state index contributed by atoms with van der Waals surface area (Å²) in [6.45, 7) is 4.94. The molecule has 0 saturated carbocycles. The second kappa shape index (κ2) is 6.87. The van der Waals surface area contributed by atoms with E-state index in [1.54, 1.807) is 7.11 Å². The van der Waals surface area contributed by atoms with Gasteiger partial charge in [0, 0.05) is 17.5 Å². The first-order chi connectivity index (χ1) is 10.2. The number of ether oxygens (including phenoxy) is 1. The fraction of sp³-hybridized carbons (Fsp3) is 0.471. The number of fused-ring (bicyclic) bond motifs is 1. The van der Waals surface area contributed by atoms with Crippen LogP contribution >= 0.6 is 0 Å². The van der Waals surface area contributed by atoms with Crippen LogP contribution in [0.15, 0.2) is 30.3 Å². The maximum Gasteiger partial charge on any atom is 0.145 e. The zero-order valence-corrected chi connectivity index (χ0v) is 13.0. The van der Waals surface area contributed by atoms with Crippen molar-refractivity contribution in [1.82, 2.24) is 10.3 Å². The monoisotopic (exact) mass is 288 g/mol. The zero-order chi connectivity index (χ0) is 15.3. The van der Waals surface area contributed by atoms with Gasteiger partial charge in [-0.3, -0.25) is 0 Å². The quantitative estimate of drug-likeness (QED) is 0.822. The van der Waals surface area contributed by atoms with Gasteiger partial charge in [-0.15, -0.1) is 0 Å². The number of aliphatic hydroxyl groups is 1. The van der Waals surface area contributed by atoms with E-state index in [1.807, 2.05) is 24.3 Å². The minimum Gasteiger partial charge on any atom is -0.494 e. The summed E-state index contributed by atoms with van der Waals surface area (Å²) in [5, 5.41) is 14.1. The lowest BCUT2D eigenvalue weighted by atomic mass is 9.94. The number of aliphatic hydroxyl groups excluding tert-OH is 1. The van der Waals surface area contributed by atoms with Crippen LogP contribution in [0.3, 0.4) is 0 Å². The molecule has 0 spiro atoms. The number of rotatable bonds is 7. The van der Waals surface area contributed by atoms with Crippen LogP contribution in [0.1, 0.15) is 32.4 Å². The number of nitrogens with zero attached hydrogens (tertiary/aromatic N) is 1. The molecular weight excluding hydrogens is 264 g/mol. The fourth-order valence-corrected chi connectivity index (χ4v) is 2.48. The van der Waals surface area contributed by atoms with E-state index in [4.69, 9.17) is 4.74 Å². The summed E-state index contributed by atoms with van der Waals surface area (Å²) < 4.78 is 5.37. The molecule has 0 saturated heterocycles. The summed E-state index contributed by atoms with van der Waals surface area (Å²) in [5.41, 5.74) is 1.60. The first kappa shape index (κ1) is 15.7. The molecule has 2 aromatic rings. The van der Waals surface area contributed by atoms with Crippen molar-refractivity contribution in [3.8, 4) is 5.75 Å². The summed E-state index contributed by atoms with van der Waals surface area (Å²) >= 11 is 0. The predicted molar refractivity (Wildman–Crippen MR) is 85.5 cm³/mol. The Hall–Kier alpha value is -1.65. The molecule has 4 heteroatoms. The maximum atomic E-state index is 9.61. The van der Waals surface area contributed by atoms with Crippen LogP contribution in [0.5, 0.6) is 5.75 Å². The predicted octanol–water partition coefficient (Wildman–Crippen LogP) is 2.88. The van der Waals surface area contributed by atoms with E-state index in [2.05, 4.69) is 30.2 Å². The van der Waals surface area contributed by atoms with E-state index in [9.17, 15) is 5.11 Å². The van der Waals surface area contributed by atoms with E-state index in [0.29, 0.717) is 6.54 Å². The molecule has 1 aromatic carbocycles. The molecule has 0 aliphatic heterocycles. The van der Waals surface area contributed by atoms with Crippen molar-refractivity contribution in [1.29, 1.82) is 0 Å². The van der Waals surface area contributed by atoms with Gasteiger partial charge in [-0.05, 0) is 25.0 Å². The van der Waals surface area contributed by atoms with Gasteiger partial charge >= 0.3 is 0 Å². The molecule has 1 heterocycles. The molecule has 0 fully saturated rings. The number of hydrogen-bond acceptors (Lipinski definition) is 4. The third-order valence-electron chi connectivity index (χ3n) is 4.26. The van der Waals surface area contributed by atoms with Crippen LogP contribution in [0.25, 0.3) is 10.9 Å². The molecule has 0 amide bonds. The SMILES string of the molecule is CCC(CC)(CO)NCc1ccc2cccc(OC)c2n1. The Labute approximate surface area is 126 Å². The molecule has 0 aliphatic carbocycles. The highest BCUT2D eigenvalue weighted by Gasteiger charge is 2.24. The van der Waals surface area contributed by atoms with Gasteiger partial charge in [-0.2, -0.15) is 0 Å². The molecule has 2 rings (SSSR count). The van der Waals surface area contributed by atoms with Gasteiger partial charge in [0.25, 0.3) is 0 Å². The molecule has 4 nitrogen and oxygen atoms in total. The second-order valence-electron chi connectivity index (χ2n) is 5.33. The summed E-state index contributed by atoms with van der Waals surface area (Å²) in [4.78, 5) is 4.68. The highest BCUT2D eigenvalue weighted by Crippen LogP contribution is 2.24. The van der Waals surface area contributed by atoms with Crippen molar-refractivity contribution in [3.63, 3.8) is 0 Å². The summed E-state index contributed by atoms with van der Waals surface area (Å²) in [5.74, 6) is 0.786. The number of benzene rings is 1. The van der Waals surface area contributed by atoms with Gasteiger partial charge in [0.15, 0.2) is 0 Å². The highest BCUT2D eigenvalue weighted by atomic mass is 16.5. The molecule has 21 heavy (non-hydrogen) atoms. The molecule has 114 valence electrons. The third kappa shape index (κ3) is 3.34. The molecular formula is C17H24N2O2. The van der Waals surface area contributed by atoms with Crippen molar-refractivity contribution in [2.45, 2.75) is 38.8 Å². The Morgan fingerprint density at radius 3 is 2.57 bits per heavy atom. The number of aromatic nitrogens is 1. The summed E-state index contributed by atoms with van der Waals surface area (Å²) in [6.07, 6.45) is 1.77. The number of methoxy groups -OCH3 is 1. The standard InChI is InChI=1S/C17H24N2O2/c1-4-17(5-2,12-20)18-11-14-10-9-13-7-6-8-15(21-3)16(13)19-14/h6-10,18,20H,4-5,11-12H2,1-3H3. The fourth-order valence-electron chi connectivity index (χ4n) is 2.48. The van der Waals surface area contributed by atoms with Gasteiger partial charge in [0.1, 0.15) is 11.3 Å². The van der Waals surface area contributed by atoms with Crippen LogP contribution in [0.2, 0.25) is 0 Å². The number of para-hydroxylation sites is 1. The van der Waals surface area contributed by atoms with Crippen molar-refractivity contribution in [2.75, 3.05) is 13.7 Å². The minimum absolute atomic E-state index is 0.136. The first-order valence-corrected chi connectivity index (χ1v) is 7.46. The normalized spacial score (nSPS) is 11.8. The van der Waals surface area contributed by atoms with Crippen molar-refractivity contribution in [3.05, 3.63) is 36.0 Å². The molecule has 0 radical (unpaired) electrons. The first-order valence-electron chi connectivity index (χ1n) is 7.46. The number of hydrogen-bond donors (Lipinski definition) is 2.